The Bertz CT molecular complexity index is 522. The predicted octanol–water partition coefficient (Wildman–Crippen LogP) is 0.689. The SMILES string of the molecule is C=C(C)CN(C)S(=O)(=O)c1cnn(CCNCC)c1. The molecule has 7 heteroatoms. The predicted molar refractivity (Wildman–Crippen MR) is 75.4 cm³/mol. The lowest BCUT2D eigenvalue weighted by atomic mass is 10.4. The van der Waals surface area contributed by atoms with Crippen LogP contribution in [0, 0.1) is 0 Å². The van der Waals surface area contributed by atoms with E-state index in [9.17, 15) is 8.42 Å². The van der Waals surface area contributed by atoms with Crippen LogP contribution in [0.1, 0.15) is 13.8 Å². The molecule has 0 saturated carbocycles. The molecular weight excluding hydrogens is 264 g/mol. The Labute approximate surface area is 115 Å². The maximum Gasteiger partial charge on any atom is 0.246 e. The van der Waals surface area contributed by atoms with Gasteiger partial charge in [0, 0.05) is 26.3 Å². The lowest BCUT2D eigenvalue weighted by Gasteiger charge is -2.15. The van der Waals surface area contributed by atoms with Gasteiger partial charge >= 0.3 is 0 Å². The second-order valence-corrected chi connectivity index (χ2v) is 6.56. The van der Waals surface area contributed by atoms with Crippen LogP contribution in [0.25, 0.3) is 0 Å². The minimum Gasteiger partial charge on any atom is -0.315 e. The van der Waals surface area contributed by atoms with Gasteiger partial charge in [-0.05, 0) is 13.5 Å². The van der Waals surface area contributed by atoms with Crippen LogP contribution in [-0.2, 0) is 16.6 Å². The normalized spacial score (nSPS) is 12.0. The first-order valence-electron chi connectivity index (χ1n) is 6.21. The molecule has 1 N–H and O–H groups in total. The van der Waals surface area contributed by atoms with Crippen molar-refractivity contribution in [3.05, 3.63) is 24.5 Å². The van der Waals surface area contributed by atoms with E-state index in [2.05, 4.69) is 17.0 Å². The highest BCUT2D eigenvalue weighted by molar-refractivity contribution is 7.89. The Kier molecular flexibility index (Phi) is 5.71. The maximum absolute atomic E-state index is 12.2. The Morgan fingerprint density at radius 2 is 2.26 bits per heavy atom. The lowest BCUT2D eigenvalue weighted by Crippen LogP contribution is -2.28. The number of hydrogen-bond donors (Lipinski definition) is 1. The van der Waals surface area contributed by atoms with Crippen molar-refractivity contribution >= 4 is 10.0 Å². The zero-order valence-corrected chi connectivity index (χ0v) is 12.6. The van der Waals surface area contributed by atoms with E-state index in [1.54, 1.807) is 24.9 Å². The fourth-order valence-electron chi connectivity index (χ4n) is 1.62. The highest BCUT2D eigenvalue weighted by atomic mass is 32.2. The number of rotatable bonds is 8. The monoisotopic (exact) mass is 286 g/mol. The molecule has 0 aliphatic heterocycles. The van der Waals surface area contributed by atoms with E-state index < -0.39 is 10.0 Å². The molecule has 0 atom stereocenters. The van der Waals surface area contributed by atoms with Crippen molar-refractivity contribution in [3.63, 3.8) is 0 Å². The Morgan fingerprint density at radius 3 is 2.84 bits per heavy atom. The van der Waals surface area contributed by atoms with Gasteiger partial charge < -0.3 is 5.32 Å². The van der Waals surface area contributed by atoms with Crippen LogP contribution in [0.15, 0.2) is 29.4 Å². The van der Waals surface area contributed by atoms with E-state index in [-0.39, 0.29) is 4.90 Å². The third-order valence-corrected chi connectivity index (χ3v) is 4.33. The van der Waals surface area contributed by atoms with E-state index in [1.807, 2.05) is 6.92 Å². The van der Waals surface area contributed by atoms with Crippen LogP contribution in [0.5, 0.6) is 0 Å². The molecule has 0 saturated heterocycles. The van der Waals surface area contributed by atoms with Gasteiger partial charge in [-0.15, -0.1) is 0 Å². The first kappa shape index (κ1) is 15.9. The molecule has 0 radical (unpaired) electrons. The van der Waals surface area contributed by atoms with Crippen LogP contribution < -0.4 is 5.32 Å². The molecular formula is C12H22N4O2S. The first-order chi connectivity index (χ1) is 8.87. The van der Waals surface area contributed by atoms with Crippen molar-refractivity contribution in [1.29, 1.82) is 0 Å². The van der Waals surface area contributed by atoms with Gasteiger partial charge in [-0.2, -0.15) is 9.40 Å². The van der Waals surface area contributed by atoms with Crippen LogP contribution in [0.3, 0.4) is 0 Å². The van der Waals surface area contributed by atoms with E-state index in [1.165, 1.54) is 10.5 Å². The molecule has 6 nitrogen and oxygen atoms in total. The largest absolute Gasteiger partial charge is 0.315 e. The van der Waals surface area contributed by atoms with Gasteiger partial charge in [-0.3, -0.25) is 4.68 Å². The third kappa shape index (κ3) is 4.45. The number of nitrogens with zero attached hydrogens (tertiary/aromatic N) is 3. The summed E-state index contributed by atoms with van der Waals surface area (Å²) in [5.41, 5.74) is 0.797. The van der Waals surface area contributed by atoms with Crippen LogP contribution in [0.2, 0.25) is 0 Å². The van der Waals surface area contributed by atoms with Crippen molar-refractivity contribution in [3.8, 4) is 0 Å². The average molecular weight is 286 g/mol. The standard InChI is InChI=1S/C12H22N4O2S/c1-5-13-6-7-16-10-12(8-14-16)19(17,18)15(4)9-11(2)3/h8,10,13H,2,5-7,9H2,1,3-4H3. The zero-order valence-electron chi connectivity index (χ0n) is 11.8. The summed E-state index contributed by atoms with van der Waals surface area (Å²) in [5.74, 6) is 0. The fourth-order valence-corrected chi connectivity index (χ4v) is 2.80. The molecule has 0 aliphatic carbocycles. The fraction of sp³-hybridized carbons (Fsp3) is 0.583. The lowest BCUT2D eigenvalue weighted by molar-refractivity contribution is 0.492. The number of aromatic nitrogens is 2. The minimum absolute atomic E-state index is 0.216. The van der Waals surface area contributed by atoms with Crippen molar-refractivity contribution in [2.45, 2.75) is 25.3 Å². The molecule has 0 aliphatic rings. The Balaban J connectivity index is 2.76. The topological polar surface area (TPSA) is 67.2 Å². The summed E-state index contributed by atoms with van der Waals surface area (Å²) in [5, 5.41) is 7.23. The number of nitrogens with one attached hydrogen (secondary N) is 1. The summed E-state index contributed by atoms with van der Waals surface area (Å²) >= 11 is 0. The third-order valence-electron chi connectivity index (χ3n) is 2.58. The molecule has 1 rings (SSSR count). The number of hydrogen-bond acceptors (Lipinski definition) is 4. The Hall–Kier alpha value is -1.18. The van der Waals surface area contributed by atoms with Gasteiger partial charge in [0.15, 0.2) is 0 Å². The van der Waals surface area contributed by atoms with E-state index in [0.29, 0.717) is 13.1 Å². The summed E-state index contributed by atoms with van der Waals surface area (Å²) in [6, 6.07) is 0. The van der Waals surface area contributed by atoms with Gasteiger partial charge in [0.05, 0.1) is 12.7 Å². The smallest absolute Gasteiger partial charge is 0.246 e. The van der Waals surface area contributed by atoms with Gasteiger partial charge in [0.25, 0.3) is 0 Å². The maximum atomic E-state index is 12.2. The second kappa shape index (κ2) is 6.83. The van der Waals surface area contributed by atoms with Crippen LogP contribution >= 0.6 is 0 Å². The van der Waals surface area contributed by atoms with Crippen LogP contribution in [0.4, 0.5) is 0 Å². The van der Waals surface area contributed by atoms with E-state index >= 15 is 0 Å². The molecule has 1 aromatic rings. The summed E-state index contributed by atoms with van der Waals surface area (Å²) < 4.78 is 27.4. The van der Waals surface area contributed by atoms with E-state index in [0.717, 1.165) is 18.7 Å². The molecule has 0 amide bonds. The summed E-state index contributed by atoms with van der Waals surface area (Å²) in [6.45, 7) is 10.1. The highest BCUT2D eigenvalue weighted by Crippen LogP contribution is 2.13. The molecule has 1 aromatic heterocycles. The Morgan fingerprint density at radius 1 is 1.58 bits per heavy atom. The van der Waals surface area contributed by atoms with E-state index in [4.69, 9.17) is 0 Å². The summed E-state index contributed by atoms with van der Waals surface area (Å²) in [7, 11) is -1.93. The highest BCUT2D eigenvalue weighted by Gasteiger charge is 2.22. The first-order valence-corrected chi connectivity index (χ1v) is 7.65. The van der Waals surface area contributed by atoms with Gasteiger partial charge in [-0.25, -0.2) is 8.42 Å². The molecule has 108 valence electrons. The van der Waals surface area contributed by atoms with Gasteiger partial charge in [0.1, 0.15) is 4.90 Å². The minimum atomic E-state index is -3.48. The van der Waals surface area contributed by atoms with Gasteiger partial charge in [0.2, 0.25) is 10.0 Å². The van der Waals surface area contributed by atoms with Crippen molar-refractivity contribution in [2.75, 3.05) is 26.7 Å². The molecule has 0 fully saturated rings. The molecule has 0 spiro atoms. The molecule has 0 unspecified atom stereocenters. The number of likely N-dealkylation sites (N-methyl/N-ethyl adjacent to an activating group) is 2. The molecule has 1 heterocycles. The van der Waals surface area contributed by atoms with Crippen molar-refractivity contribution in [1.82, 2.24) is 19.4 Å². The van der Waals surface area contributed by atoms with Crippen molar-refractivity contribution in [2.24, 2.45) is 0 Å². The van der Waals surface area contributed by atoms with Gasteiger partial charge in [-0.1, -0.05) is 19.1 Å². The summed E-state index contributed by atoms with van der Waals surface area (Å²) in [4.78, 5) is 0.216. The molecule has 0 bridgehead atoms. The number of sulfonamides is 1. The summed E-state index contributed by atoms with van der Waals surface area (Å²) in [6.07, 6.45) is 2.94. The average Bonchev–Trinajstić information content (AvgIpc) is 2.78. The zero-order chi connectivity index (χ0) is 14.5. The van der Waals surface area contributed by atoms with Crippen molar-refractivity contribution < 1.29 is 8.42 Å². The molecule has 0 aromatic carbocycles. The molecule has 19 heavy (non-hydrogen) atoms. The quantitative estimate of drug-likeness (QED) is 0.564. The second-order valence-electron chi connectivity index (χ2n) is 4.51. The van der Waals surface area contributed by atoms with Crippen LogP contribution in [-0.4, -0.2) is 49.2 Å².